The highest BCUT2D eigenvalue weighted by Gasteiger charge is 2.42. The molecule has 1 aliphatic rings. The van der Waals surface area contributed by atoms with Crippen molar-refractivity contribution >= 4 is 28.4 Å². The lowest BCUT2D eigenvalue weighted by molar-refractivity contribution is 0.0743. The van der Waals surface area contributed by atoms with E-state index in [0.29, 0.717) is 17.3 Å². The number of nitrogens with one attached hydrogen (secondary N) is 2. The largest absolute Gasteiger partial charge is 0.361 e. The third kappa shape index (κ3) is 3.31. The number of pyridine rings is 1. The molecule has 0 spiro atoms. The summed E-state index contributed by atoms with van der Waals surface area (Å²) in [6.07, 6.45) is 4.52. The van der Waals surface area contributed by atoms with Gasteiger partial charge in [0.25, 0.3) is 5.91 Å². The van der Waals surface area contributed by atoms with Gasteiger partial charge in [0.2, 0.25) is 0 Å². The third-order valence-electron chi connectivity index (χ3n) is 6.25. The molecule has 0 bridgehead atoms. The number of aromatic nitrogens is 4. The van der Waals surface area contributed by atoms with Gasteiger partial charge in [-0.1, -0.05) is 48.0 Å². The monoisotopic (exact) mass is 453 g/mol. The molecule has 1 atom stereocenters. The van der Waals surface area contributed by atoms with Crippen LogP contribution in [-0.2, 0) is 6.42 Å². The van der Waals surface area contributed by atoms with Crippen molar-refractivity contribution in [3.05, 3.63) is 107 Å². The van der Waals surface area contributed by atoms with Crippen molar-refractivity contribution in [2.45, 2.75) is 12.5 Å². The summed E-state index contributed by atoms with van der Waals surface area (Å²) in [4.78, 5) is 23.3. The van der Waals surface area contributed by atoms with Crippen molar-refractivity contribution in [2.24, 2.45) is 0 Å². The van der Waals surface area contributed by atoms with E-state index in [4.69, 9.17) is 11.6 Å². The first kappa shape index (κ1) is 19.8. The average Bonchev–Trinajstić information content (AvgIpc) is 3.53. The fourth-order valence-electron chi connectivity index (χ4n) is 4.68. The highest BCUT2D eigenvalue weighted by atomic mass is 35.5. The molecule has 0 saturated carbocycles. The molecule has 1 aliphatic heterocycles. The Hall–Kier alpha value is -3.90. The van der Waals surface area contributed by atoms with Crippen LogP contribution in [0.25, 0.3) is 22.2 Å². The van der Waals surface area contributed by atoms with Crippen LogP contribution < -0.4 is 0 Å². The lowest BCUT2D eigenvalue weighted by Crippen LogP contribution is -2.32. The second kappa shape index (κ2) is 7.90. The molecule has 6 rings (SSSR count). The predicted octanol–water partition coefficient (Wildman–Crippen LogP) is 5.39. The van der Waals surface area contributed by atoms with E-state index in [1.807, 2.05) is 65.7 Å². The molecule has 2 N–H and O–H groups in total. The van der Waals surface area contributed by atoms with E-state index < -0.39 is 0 Å². The number of para-hydroxylation sites is 1. The van der Waals surface area contributed by atoms with Gasteiger partial charge in [0.15, 0.2) is 0 Å². The Morgan fingerprint density at radius 2 is 1.82 bits per heavy atom. The van der Waals surface area contributed by atoms with E-state index in [0.717, 1.165) is 34.5 Å². The Balaban J connectivity index is 1.40. The molecule has 0 aliphatic carbocycles. The zero-order valence-electron chi connectivity index (χ0n) is 17.6. The molecular formula is C26H20ClN5O. The van der Waals surface area contributed by atoms with E-state index in [1.54, 1.807) is 6.20 Å². The van der Waals surface area contributed by atoms with Crippen LogP contribution in [0.3, 0.4) is 0 Å². The van der Waals surface area contributed by atoms with Crippen LogP contribution in [0.5, 0.6) is 0 Å². The molecule has 0 radical (unpaired) electrons. The van der Waals surface area contributed by atoms with Gasteiger partial charge in [-0.3, -0.25) is 14.9 Å². The van der Waals surface area contributed by atoms with Crippen molar-refractivity contribution in [3.63, 3.8) is 0 Å². The van der Waals surface area contributed by atoms with Gasteiger partial charge in [-0.2, -0.15) is 5.10 Å². The maximum Gasteiger partial charge on any atom is 0.273 e. The summed E-state index contributed by atoms with van der Waals surface area (Å²) < 4.78 is 0. The standard InChI is InChI=1S/C26H20ClN5O/c27-18-10-8-16(9-11-18)23-22-24(31-30-23)26(33)32(25(22)21-7-3-4-13-28-21)14-12-17-15-29-20-6-2-1-5-19(17)20/h1-11,13,15,25,29H,12,14H2,(H,30,31)/t25-/m0/s1. The number of hydrogen-bond donors (Lipinski definition) is 2. The number of rotatable bonds is 5. The normalized spacial score (nSPS) is 15.4. The molecule has 3 aromatic heterocycles. The van der Waals surface area contributed by atoms with E-state index >= 15 is 0 Å². The first-order valence-corrected chi connectivity index (χ1v) is 11.2. The van der Waals surface area contributed by atoms with Crippen LogP contribution in [0.1, 0.15) is 33.4 Å². The molecule has 162 valence electrons. The van der Waals surface area contributed by atoms with Crippen LogP contribution in [0, 0.1) is 0 Å². The van der Waals surface area contributed by atoms with Crippen molar-refractivity contribution in [1.82, 2.24) is 25.1 Å². The molecule has 0 unspecified atom stereocenters. The van der Waals surface area contributed by atoms with Crippen LogP contribution >= 0.6 is 11.6 Å². The number of fused-ring (bicyclic) bond motifs is 2. The summed E-state index contributed by atoms with van der Waals surface area (Å²) in [5.74, 6) is -0.0618. The summed E-state index contributed by atoms with van der Waals surface area (Å²) in [6.45, 7) is 0.560. The Morgan fingerprint density at radius 3 is 2.64 bits per heavy atom. The molecule has 6 nitrogen and oxygen atoms in total. The van der Waals surface area contributed by atoms with Gasteiger partial charge in [0.1, 0.15) is 11.7 Å². The second-order valence-electron chi connectivity index (χ2n) is 8.13. The second-order valence-corrected chi connectivity index (χ2v) is 8.57. The fourth-order valence-corrected chi connectivity index (χ4v) is 4.81. The Bertz CT molecular complexity index is 1460. The molecule has 2 aromatic carbocycles. The number of aromatic amines is 2. The summed E-state index contributed by atoms with van der Waals surface area (Å²) >= 11 is 6.09. The highest BCUT2D eigenvalue weighted by molar-refractivity contribution is 6.30. The molecule has 5 aromatic rings. The van der Waals surface area contributed by atoms with Gasteiger partial charge in [-0.25, -0.2) is 0 Å². The minimum Gasteiger partial charge on any atom is -0.361 e. The fraction of sp³-hybridized carbons (Fsp3) is 0.115. The smallest absolute Gasteiger partial charge is 0.273 e. The molecule has 4 heterocycles. The number of halogens is 1. The Morgan fingerprint density at radius 1 is 1.00 bits per heavy atom. The number of H-pyrrole nitrogens is 2. The van der Waals surface area contributed by atoms with Gasteiger partial charge in [0, 0.05) is 46.0 Å². The minimum absolute atomic E-state index is 0.0618. The topological polar surface area (TPSA) is 77.7 Å². The average molecular weight is 454 g/mol. The molecule has 0 saturated heterocycles. The molecule has 33 heavy (non-hydrogen) atoms. The number of carbonyl (C=O) groups excluding carboxylic acids is 1. The summed E-state index contributed by atoms with van der Waals surface area (Å²) in [5.41, 5.74) is 6.14. The first-order chi connectivity index (χ1) is 16.2. The predicted molar refractivity (Wildman–Crippen MR) is 128 cm³/mol. The molecular weight excluding hydrogens is 434 g/mol. The number of amides is 1. The lowest BCUT2D eigenvalue weighted by atomic mass is 9.99. The summed E-state index contributed by atoms with van der Waals surface area (Å²) in [5, 5.41) is 9.33. The van der Waals surface area contributed by atoms with Crippen molar-refractivity contribution in [2.75, 3.05) is 6.54 Å². The van der Waals surface area contributed by atoms with Gasteiger partial charge < -0.3 is 9.88 Å². The third-order valence-corrected chi connectivity index (χ3v) is 6.50. The van der Waals surface area contributed by atoms with Crippen LogP contribution in [0.4, 0.5) is 0 Å². The van der Waals surface area contributed by atoms with E-state index in [9.17, 15) is 4.79 Å². The number of hydrogen-bond acceptors (Lipinski definition) is 3. The SMILES string of the molecule is O=C1c2[nH]nc(-c3ccc(Cl)cc3)c2[C@H](c2ccccn2)N1CCc1c[nH]c2ccccc12. The van der Waals surface area contributed by atoms with Crippen molar-refractivity contribution < 1.29 is 4.79 Å². The Kier molecular flexibility index (Phi) is 4.73. The zero-order valence-corrected chi connectivity index (χ0v) is 18.4. The van der Waals surface area contributed by atoms with Crippen LogP contribution in [0.2, 0.25) is 5.02 Å². The quantitative estimate of drug-likeness (QED) is 0.374. The lowest BCUT2D eigenvalue weighted by Gasteiger charge is -2.25. The molecule has 1 amide bonds. The van der Waals surface area contributed by atoms with Gasteiger partial charge in [-0.05, 0) is 42.3 Å². The van der Waals surface area contributed by atoms with Crippen LogP contribution in [-0.4, -0.2) is 37.5 Å². The van der Waals surface area contributed by atoms with Crippen molar-refractivity contribution in [1.29, 1.82) is 0 Å². The van der Waals surface area contributed by atoms with Crippen molar-refractivity contribution in [3.8, 4) is 11.3 Å². The molecule has 0 fully saturated rings. The van der Waals surface area contributed by atoms with Gasteiger partial charge >= 0.3 is 0 Å². The number of benzene rings is 2. The first-order valence-electron chi connectivity index (χ1n) is 10.8. The van der Waals surface area contributed by atoms with Gasteiger partial charge in [-0.15, -0.1) is 0 Å². The minimum atomic E-state index is -0.316. The van der Waals surface area contributed by atoms with Gasteiger partial charge in [0.05, 0.1) is 11.4 Å². The van der Waals surface area contributed by atoms with E-state index in [-0.39, 0.29) is 11.9 Å². The highest BCUT2D eigenvalue weighted by Crippen LogP contribution is 2.42. The van der Waals surface area contributed by atoms with E-state index in [2.05, 4.69) is 32.3 Å². The van der Waals surface area contributed by atoms with Crippen LogP contribution in [0.15, 0.2) is 79.1 Å². The summed E-state index contributed by atoms with van der Waals surface area (Å²) in [6, 6.07) is 21.2. The number of nitrogens with zero attached hydrogens (tertiary/aromatic N) is 3. The Labute approximate surface area is 195 Å². The summed E-state index contributed by atoms with van der Waals surface area (Å²) in [7, 11) is 0. The maximum atomic E-state index is 13.5. The maximum absolute atomic E-state index is 13.5. The zero-order chi connectivity index (χ0) is 22.4. The van der Waals surface area contributed by atoms with E-state index in [1.165, 1.54) is 10.9 Å². The molecule has 7 heteroatoms. The number of carbonyl (C=O) groups is 1.